The molecule has 0 saturated heterocycles. The van der Waals surface area contributed by atoms with Gasteiger partial charge >= 0.3 is 0 Å². The normalized spacial score (nSPS) is 11.3. The van der Waals surface area contributed by atoms with Gasteiger partial charge in [0, 0.05) is 54.1 Å². The van der Waals surface area contributed by atoms with Crippen LogP contribution in [0, 0.1) is 26.6 Å². The first kappa shape index (κ1) is 23.4. The van der Waals surface area contributed by atoms with E-state index in [-0.39, 0.29) is 16.9 Å². The number of nitrogens with one attached hydrogen (secondary N) is 1. The molecule has 0 saturated carbocycles. The van der Waals surface area contributed by atoms with Gasteiger partial charge in [-0.05, 0) is 55.7 Å². The van der Waals surface area contributed by atoms with E-state index >= 15 is 0 Å². The van der Waals surface area contributed by atoms with Crippen molar-refractivity contribution < 1.29 is 9.13 Å². The van der Waals surface area contributed by atoms with E-state index in [0.717, 1.165) is 16.7 Å². The number of hydrogen-bond acceptors (Lipinski definition) is 3. The van der Waals surface area contributed by atoms with Gasteiger partial charge in [-0.25, -0.2) is 4.39 Å². The summed E-state index contributed by atoms with van der Waals surface area (Å²) in [5, 5.41) is 0.622. The van der Waals surface area contributed by atoms with Gasteiger partial charge in [0.15, 0.2) is 5.75 Å². The van der Waals surface area contributed by atoms with Crippen molar-refractivity contribution in [3.8, 4) is 33.9 Å². The van der Waals surface area contributed by atoms with Crippen molar-refractivity contribution in [2.24, 2.45) is 14.1 Å². The van der Waals surface area contributed by atoms with Crippen molar-refractivity contribution in [1.29, 1.82) is 0 Å². The Morgan fingerprint density at radius 2 is 1.53 bits per heavy atom. The number of ether oxygens (including phenoxy) is 1. The number of pyridine rings is 2. The largest absolute Gasteiger partial charge is 0.455 e. The van der Waals surface area contributed by atoms with Crippen LogP contribution in [0.1, 0.15) is 16.7 Å². The van der Waals surface area contributed by atoms with Crippen LogP contribution in [0.5, 0.6) is 11.5 Å². The average molecular weight is 484 g/mol. The van der Waals surface area contributed by atoms with Crippen molar-refractivity contribution in [3.05, 3.63) is 104 Å². The highest BCUT2D eigenvalue weighted by Crippen LogP contribution is 2.38. The fourth-order valence-electron chi connectivity index (χ4n) is 4.55. The lowest BCUT2D eigenvalue weighted by atomic mass is 10.0. The molecule has 0 fully saturated rings. The molecule has 0 radical (unpaired) electrons. The van der Waals surface area contributed by atoms with E-state index in [1.807, 2.05) is 45.0 Å². The summed E-state index contributed by atoms with van der Waals surface area (Å²) in [6.07, 6.45) is 3.36. The first-order valence-electron chi connectivity index (χ1n) is 11.6. The van der Waals surface area contributed by atoms with Crippen molar-refractivity contribution in [2.75, 3.05) is 0 Å². The number of aromatic nitrogens is 3. The first-order chi connectivity index (χ1) is 17.1. The maximum atomic E-state index is 14.0. The minimum atomic E-state index is -0.363. The summed E-state index contributed by atoms with van der Waals surface area (Å²) in [6, 6.07) is 13.8. The third-order valence-electron chi connectivity index (χ3n) is 6.56. The number of H-pyrrole nitrogens is 1. The molecule has 6 nitrogen and oxygen atoms in total. The number of para-hydroxylation sites is 1. The predicted octanol–water partition coefficient (Wildman–Crippen LogP) is 5.76. The van der Waals surface area contributed by atoms with Crippen molar-refractivity contribution in [2.45, 2.75) is 20.8 Å². The average Bonchev–Trinajstić information content (AvgIpc) is 3.28. The summed E-state index contributed by atoms with van der Waals surface area (Å²) < 4.78 is 23.4. The molecule has 0 amide bonds. The highest BCUT2D eigenvalue weighted by Gasteiger charge is 2.19. The Balaban J connectivity index is 1.79. The second-order valence-corrected chi connectivity index (χ2v) is 9.21. The Morgan fingerprint density at radius 3 is 2.25 bits per heavy atom. The Hall–Kier alpha value is -4.39. The number of benzene rings is 2. The molecule has 0 bridgehead atoms. The van der Waals surface area contributed by atoms with Gasteiger partial charge in [-0.1, -0.05) is 24.3 Å². The smallest absolute Gasteiger partial charge is 0.274 e. The van der Waals surface area contributed by atoms with E-state index in [0.29, 0.717) is 44.8 Å². The molecule has 0 aliphatic heterocycles. The Morgan fingerprint density at radius 1 is 0.806 bits per heavy atom. The molecule has 1 N–H and O–H groups in total. The predicted molar refractivity (Wildman–Crippen MR) is 140 cm³/mol. The molecule has 0 spiro atoms. The number of aromatic amines is 1. The molecule has 5 rings (SSSR count). The summed E-state index contributed by atoms with van der Waals surface area (Å²) in [6.45, 7) is 5.82. The van der Waals surface area contributed by atoms with Crippen LogP contribution in [-0.4, -0.2) is 14.1 Å². The molecule has 0 aliphatic carbocycles. The van der Waals surface area contributed by atoms with E-state index in [2.05, 4.69) is 4.98 Å². The number of rotatable bonds is 4. The van der Waals surface area contributed by atoms with Gasteiger partial charge in [-0.3, -0.25) is 9.59 Å². The molecular weight excluding hydrogens is 457 g/mol. The monoisotopic (exact) mass is 483 g/mol. The molecule has 0 aliphatic rings. The Bertz CT molecular complexity index is 1760. The van der Waals surface area contributed by atoms with Gasteiger partial charge in [-0.15, -0.1) is 0 Å². The summed E-state index contributed by atoms with van der Waals surface area (Å²) >= 11 is 0. The van der Waals surface area contributed by atoms with Crippen molar-refractivity contribution in [1.82, 2.24) is 14.1 Å². The fraction of sp³-hybridized carbons (Fsp3) is 0.172. The molecule has 0 atom stereocenters. The first-order valence-corrected chi connectivity index (χ1v) is 11.6. The van der Waals surface area contributed by atoms with Gasteiger partial charge in [0.1, 0.15) is 17.1 Å². The third-order valence-corrected chi connectivity index (χ3v) is 6.56. The Labute approximate surface area is 207 Å². The van der Waals surface area contributed by atoms with Crippen molar-refractivity contribution in [3.63, 3.8) is 0 Å². The summed E-state index contributed by atoms with van der Waals surface area (Å²) in [5.41, 5.74) is 5.22. The number of fused-ring (bicyclic) bond motifs is 1. The standard InChI is InChI=1S/C29H26FN3O3/c1-16-9-10-19(30)11-20(16)24-12-22-23(14-33(5)29(35)27(22)31-24)21-13-26(34)32(4)15-25(21)36-28-17(2)7-6-8-18(28)3/h6-15,31H,1-5H3. The minimum Gasteiger partial charge on any atom is -0.455 e. The number of nitrogens with zero attached hydrogens (tertiary/aromatic N) is 2. The van der Waals surface area contributed by atoms with Crippen LogP contribution in [0.4, 0.5) is 4.39 Å². The third kappa shape index (κ3) is 3.92. The molecule has 0 unspecified atom stereocenters. The van der Waals surface area contributed by atoms with Gasteiger partial charge in [0.25, 0.3) is 11.1 Å². The van der Waals surface area contributed by atoms with E-state index in [9.17, 15) is 14.0 Å². The molecule has 2 aromatic carbocycles. The van der Waals surface area contributed by atoms with Crippen molar-refractivity contribution >= 4 is 10.9 Å². The molecule has 7 heteroatoms. The number of aryl methyl sites for hydroxylation is 5. The topological polar surface area (TPSA) is 69.0 Å². The van der Waals surface area contributed by atoms with Crippen LogP contribution in [0.2, 0.25) is 0 Å². The van der Waals surface area contributed by atoms with Crippen LogP contribution in [0.15, 0.2) is 70.5 Å². The molecule has 3 heterocycles. The van der Waals surface area contributed by atoms with E-state index in [1.54, 1.807) is 32.6 Å². The molecule has 5 aromatic rings. The fourth-order valence-corrected chi connectivity index (χ4v) is 4.55. The second-order valence-electron chi connectivity index (χ2n) is 9.21. The maximum absolute atomic E-state index is 14.0. The lowest BCUT2D eigenvalue weighted by Crippen LogP contribution is -2.18. The van der Waals surface area contributed by atoms with E-state index in [1.165, 1.54) is 27.3 Å². The SMILES string of the molecule is Cc1ccc(F)cc1-c1cc2c(-c3cc(=O)n(C)cc3Oc3c(C)cccc3C)cn(C)c(=O)c2[nH]1. The summed E-state index contributed by atoms with van der Waals surface area (Å²) in [4.78, 5) is 29.0. The quantitative estimate of drug-likeness (QED) is 0.354. The Kier molecular flexibility index (Phi) is 5.63. The zero-order valence-electron chi connectivity index (χ0n) is 20.8. The summed E-state index contributed by atoms with van der Waals surface area (Å²) in [5.74, 6) is 0.834. The number of halogens is 1. The molecule has 182 valence electrons. The number of hydrogen-bond donors (Lipinski definition) is 1. The highest BCUT2D eigenvalue weighted by atomic mass is 19.1. The van der Waals surface area contributed by atoms with Gasteiger partial charge < -0.3 is 18.9 Å². The van der Waals surface area contributed by atoms with Crippen LogP contribution in [0.3, 0.4) is 0 Å². The molecule has 3 aromatic heterocycles. The zero-order chi connectivity index (χ0) is 25.7. The zero-order valence-corrected chi connectivity index (χ0v) is 20.8. The van der Waals surface area contributed by atoms with Gasteiger partial charge in [0.05, 0.1) is 6.20 Å². The van der Waals surface area contributed by atoms with Crippen LogP contribution in [0.25, 0.3) is 33.3 Å². The minimum absolute atomic E-state index is 0.211. The van der Waals surface area contributed by atoms with Gasteiger partial charge in [0.2, 0.25) is 0 Å². The maximum Gasteiger partial charge on any atom is 0.274 e. The second kappa shape index (κ2) is 8.68. The van der Waals surface area contributed by atoms with Gasteiger partial charge in [-0.2, -0.15) is 0 Å². The highest BCUT2D eigenvalue weighted by molar-refractivity contribution is 5.98. The molecular formula is C29H26FN3O3. The molecule has 36 heavy (non-hydrogen) atoms. The van der Waals surface area contributed by atoms with Crippen LogP contribution < -0.4 is 15.9 Å². The lowest BCUT2D eigenvalue weighted by molar-refractivity contribution is 0.470. The van der Waals surface area contributed by atoms with Crippen LogP contribution in [-0.2, 0) is 14.1 Å². The summed E-state index contributed by atoms with van der Waals surface area (Å²) in [7, 11) is 3.33. The van der Waals surface area contributed by atoms with Crippen LogP contribution >= 0.6 is 0 Å². The van der Waals surface area contributed by atoms with E-state index < -0.39 is 0 Å². The lowest BCUT2D eigenvalue weighted by Gasteiger charge is -2.17. The van der Waals surface area contributed by atoms with E-state index in [4.69, 9.17) is 4.74 Å².